The maximum Gasteiger partial charge on any atom is 0.249 e. The summed E-state index contributed by atoms with van der Waals surface area (Å²) < 4.78 is 5.34. The summed E-state index contributed by atoms with van der Waals surface area (Å²) in [6.45, 7) is 5.89. The van der Waals surface area contributed by atoms with Crippen molar-refractivity contribution < 1.29 is 9.53 Å². The van der Waals surface area contributed by atoms with Crippen molar-refractivity contribution in [2.75, 3.05) is 17.3 Å². The van der Waals surface area contributed by atoms with Crippen LogP contribution >= 0.6 is 0 Å². The molecule has 1 amide bonds. The van der Waals surface area contributed by atoms with E-state index in [9.17, 15) is 4.79 Å². The van der Waals surface area contributed by atoms with Gasteiger partial charge in [-0.1, -0.05) is 6.07 Å². The Morgan fingerprint density at radius 2 is 2.12 bits per heavy atom. The molecule has 92 valence electrons. The molecule has 0 aromatic heterocycles. The fourth-order valence-electron chi connectivity index (χ4n) is 2.18. The maximum atomic E-state index is 12.2. The lowest BCUT2D eigenvalue weighted by Gasteiger charge is -2.37. The zero-order valence-corrected chi connectivity index (χ0v) is 10.7. The summed E-state index contributed by atoms with van der Waals surface area (Å²) in [5.74, 6) is 0.806. The standard InChI is InChI=1S/C13H18N2O2/c1-8(2)15-12-10(14-9(3)13(15)16)6-5-7-11(12)17-4/h5-9,14H,1-4H3. The fourth-order valence-corrected chi connectivity index (χ4v) is 2.18. The molecular weight excluding hydrogens is 216 g/mol. The molecule has 0 fully saturated rings. The van der Waals surface area contributed by atoms with E-state index in [1.54, 1.807) is 12.0 Å². The van der Waals surface area contributed by atoms with E-state index in [2.05, 4.69) is 5.32 Å². The minimum Gasteiger partial charge on any atom is -0.494 e. The van der Waals surface area contributed by atoms with Crippen molar-refractivity contribution in [3.05, 3.63) is 18.2 Å². The summed E-state index contributed by atoms with van der Waals surface area (Å²) in [4.78, 5) is 14.0. The molecule has 1 aromatic rings. The van der Waals surface area contributed by atoms with Crippen LogP contribution < -0.4 is 15.0 Å². The molecule has 0 bridgehead atoms. The van der Waals surface area contributed by atoms with E-state index < -0.39 is 0 Å². The highest BCUT2D eigenvalue weighted by molar-refractivity contribution is 6.06. The molecule has 0 saturated heterocycles. The first-order valence-corrected chi connectivity index (χ1v) is 5.83. The van der Waals surface area contributed by atoms with E-state index in [0.717, 1.165) is 17.1 Å². The van der Waals surface area contributed by atoms with E-state index in [-0.39, 0.29) is 18.0 Å². The van der Waals surface area contributed by atoms with Crippen LogP contribution in [0.5, 0.6) is 5.75 Å². The normalized spacial score (nSPS) is 19.0. The lowest BCUT2D eigenvalue weighted by Crippen LogP contribution is -2.49. The second kappa shape index (κ2) is 4.28. The molecule has 0 aliphatic carbocycles. The van der Waals surface area contributed by atoms with Gasteiger partial charge in [0.2, 0.25) is 5.91 Å². The lowest BCUT2D eigenvalue weighted by molar-refractivity contribution is -0.119. The molecule has 0 spiro atoms. The molecule has 1 aliphatic heterocycles. The van der Waals surface area contributed by atoms with E-state index in [1.165, 1.54) is 0 Å². The number of anilines is 2. The van der Waals surface area contributed by atoms with Crippen LogP contribution in [-0.4, -0.2) is 25.1 Å². The summed E-state index contributed by atoms with van der Waals surface area (Å²) in [5, 5.41) is 3.20. The third-order valence-electron chi connectivity index (χ3n) is 2.96. The highest BCUT2D eigenvalue weighted by atomic mass is 16.5. The molecule has 4 nitrogen and oxygen atoms in total. The van der Waals surface area contributed by atoms with Crippen molar-refractivity contribution in [2.24, 2.45) is 0 Å². The lowest BCUT2D eigenvalue weighted by atomic mass is 10.1. The predicted octanol–water partition coefficient (Wildman–Crippen LogP) is 2.25. The number of hydrogen-bond acceptors (Lipinski definition) is 3. The number of benzene rings is 1. The van der Waals surface area contributed by atoms with Gasteiger partial charge in [-0.15, -0.1) is 0 Å². The third kappa shape index (κ3) is 1.84. The molecule has 0 radical (unpaired) electrons. The van der Waals surface area contributed by atoms with Crippen molar-refractivity contribution in [1.82, 2.24) is 0 Å². The van der Waals surface area contributed by atoms with Gasteiger partial charge in [-0.05, 0) is 32.9 Å². The topological polar surface area (TPSA) is 41.6 Å². The molecule has 0 saturated carbocycles. The summed E-state index contributed by atoms with van der Waals surface area (Å²) >= 11 is 0. The van der Waals surface area contributed by atoms with Gasteiger partial charge in [0.05, 0.1) is 12.8 Å². The second-order valence-corrected chi connectivity index (χ2v) is 4.52. The molecule has 2 rings (SSSR count). The van der Waals surface area contributed by atoms with E-state index in [1.807, 2.05) is 39.0 Å². The van der Waals surface area contributed by atoms with Gasteiger partial charge in [-0.3, -0.25) is 4.79 Å². The quantitative estimate of drug-likeness (QED) is 0.853. The minimum absolute atomic E-state index is 0.0806. The monoisotopic (exact) mass is 234 g/mol. The Bertz CT molecular complexity index is 443. The van der Waals surface area contributed by atoms with Crippen LogP contribution in [0.2, 0.25) is 0 Å². The van der Waals surface area contributed by atoms with E-state index >= 15 is 0 Å². The highest BCUT2D eigenvalue weighted by Gasteiger charge is 2.33. The van der Waals surface area contributed by atoms with Crippen LogP contribution in [0.3, 0.4) is 0 Å². The first-order valence-electron chi connectivity index (χ1n) is 5.83. The Hall–Kier alpha value is -1.71. The number of nitrogens with one attached hydrogen (secondary N) is 1. The van der Waals surface area contributed by atoms with Crippen molar-refractivity contribution in [2.45, 2.75) is 32.9 Å². The van der Waals surface area contributed by atoms with Crippen molar-refractivity contribution in [3.63, 3.8) is 0 Å². The number of carbonyl (C=O) groups is 1. The maximum absolute atomic E-state index is 12.2. The van der Waals surface area contributed by atoms with Gasteiger partial charge in [0, 0.05) is 6.04 Å². The van der Waals surface area contributed by atoms with Crippen LogP contribution in [0.4, 0.5) is 11.4 Å². The Morgan fingerprint density at radius 3 is 2.71 bits per heavy atom. The molecule has 1 atom stereocenters. The fraction of sp³-hybridized carbons (Fsp3) is 0.462. The number of carbonyl (C=O) groups excluding carboxylic acids is 1. The molecule has 1 heterocycles. The summed E-state index contributed by atoms with van der Waals surface area (Å²) in [5.41, 5.74) is 1.79. The van der Waals surface area contributed by atoms with Gasteiger partial charge in [0.1, 0.15) is 17.5 Å². The Morgan fingerprint density at radius 1 is 1.41 bits per heavy atom. The molecule has 1 aliphatic rings. The predicted molar refractivity (Wildman–Crippen MR) is 68.7 cm³/mol. The average Bonchev–Trinajstić information content (AvgIpc) is 2.29. The van der Waals surface area contributed by atoms with Gasteiger partial charge in [-0.2, -0.15) is 0 Å². The Balaban J connectivity index is 2.59. The van der Waals surface area contributed by atoms with Gasteiger partial charge in [0.15, 0.2) is 0 Å². The molecule has 1 aromatic carbocycles. The number of nitrogens with zero attached hydrogens (tertiary/aromatic N) is 1. The molecule has 1 N–H and O–H groups in total. The number of rotatable bonds is 2. The number of para-hydroxylation sites is 1. The van der Waals surface area contributed by atoms with Gasteiger partial charge in [-0.25, -0.2) is 0 Å². The highest BCUT2D eigenvalue weighted by Crippen LogP contribution is 2.40. The van der Waals surface area contributed by atoms with Gasteiger partial charge >= 0.3 is 0 Å². The largest absolute Gasteiger partial charge is 0.494 e. The molecule has 4 heteroatoms. The molecule has 17 heavy (non-hydrogen) atoms. The zero-order chi connectivity index (χ0) is 12.6. The number of methoxy groups -OCH3 is 1. The summed E-state index contributed by atoms with van der Waals surface area (Å²) in [7, 11) is 1.62. The van der Waals surface area contributed by atoms with Crippen LogP contribution in [0.15, 0.2) is 18.2 Å². The third-order valence-corrected chi connectivity index (χ3v) is 2.96. The van der Waals surface area contributed by atoms with Gasteiger partial charge in [0.25, 0.3) is 0 Å². The van der Waals surface area contributed by atoms with E-state index in [4.69, 9.17) is 4.74 Å². The summed E-state index contributed by atoms with van der Waals surface area (Å²) in [6, 6.07) is 5.68. The van der Waals surface area contributed by atoms with Crippen molar-refractivity contribution in [3.8, 4) is 5.75 Å². The minimum atomic E-state index is -0.197. The SMILES string of the molecule is COc1cccc2c1N(C(C)C)C(=O)C(C)N2. The smallest absolute Gasteiger partial charge is 0.249 e. The first kappa shape index (κ1) is 11.8. The van der Waals surface area contributed by atoms with Crippen LogP contribution in [0.1, 0.15) is 20.8 Å². The number of amides is 1. The molecule has 1 unspecified atom stereocenters. The summed E-state index contributed by atoms with van der Waals surface area (Å²) in [6.07, 6.45) is 0. The van der Waals surface area contributed by atoms with Crippen molar-refractivity contribution in [1.29, 1.82) is 0 Å². The second-order valence-electron chi connectivity index (χ2n) is 4.52. The van der Waals surface area contributed by atoms with E-state index in [0.29, 0.717) is 0 Å². The van der Waals surface area contributed by atoms with Crippen LogP contribution in [-0.2, 0) is 4.79 Å². The zero-order valence-electron chi connectivity index (χ0n) is 10.7. The number of fused-ring (bicyclic) bond motifs is 1. The number of ether oxygens (including phenoxy) is 1. The van der Waals surface area contributed by atoms with Crippen LogP contribution in [0.25, 0.3) is 0 Å². The Kier molecular flexibility index (Phi) is 2.96. The van der Waals surface area contributed by atoms with Crippen LogP contribution in [0, 0.1) is 0 Å². The average molecular weight is 234 g/mol. The number of hydrogen-bond donors (Lipinski definition) is 1. The first-order chi connectivity index (χ1) is 8.06. The van der Waals surface area contributed by atoms with Crippen molar-refractivity contribution >= 4 is 17.3 Å². The van der Waals surface area contributed by atoms with Gasteiger partial charge < -0.3 is 15.0 Å². The molecular formula is C13H18N2O2. The Labute approximate surface area is 102 Å².